The molecule has 34 heavy (non-hydrogen) atoms. The number of rotatable bonds is 7. The van der Waals surface area contributed by atoms with Gasteiger partial charge in [0.05, 0.1) is 16.6 Å². The maximum absolute atomic E-state index is 13.7. The van der Waals surface area contributed by atoms with Gasteiger partial charge in [0.2, 0.25) is 0 Å². The van der Waals surface area contributed by atoms with Crippen LogP contribution in [0.5, 0.6) is 5.75 Å². The Labute approximate surface area is 202 Å². The van der Waals surface area contributed by atoms with Gasteiger partial charge in [-0.1, -0.05) is 53.7 Å². The van der Waals surface area contributed by atoms with Crippen molar-refractivity contribution >= 4 is 27.1 Å². The number of hydrazone groups is 1. The Morgan fingerprint density at radius 1 is 1.06 bits per heavy atom. The fraction of sp³-hybridized carbons (Fsp3) is 0.200. The topological polar surface area (TPSA) is 85.0 Å². The second-order valence-corrected chi connectivity index (χ2v) is 10.7. The molecule has 0 aliphatic carbocycles. The Kier molecular flexibility index (Phi) is 5.97. The molecule has 4 aromatic rings. The summed E-state index contributed by atoms with van der Waals surface area (Å²) in [5.41, 5.74) is 2.96. The Morgan fingerprint density at radius 3 is 2.47 bits per heavy atom. The molecule has 0 spiro atoms. The molecule has 5 rings (SSSR count). The van der Waals surface area contributed by atoms with Gasteiger partial charge in [-0.2, -0.15) is 17.9 Å². The molecule has 2 aromatic carbocycles. The summed E-state index contributed by atoms with van der Waals surface area (Å²) < 4.78 is 39.6. The van der Waals surface area contributed by atoms with Crippen molar-refractivity contribution in [2.45, 2.75) is 37.8 Å². The lowest BCUT2D eigenvalue weighted by molar-refractivity contribution is 0.305. The van der Waals surface area contributed by atoms with Gasteiger partial charge in [-0.15, -0.1) is 11.3 Å². The molecule has 0 saturated heterocycles. The van der Waals surface area contributed by atoms with E-state index in [2.05, 4.69) is 10.3 Å². The van der Waals surface area contributed by atoms with E-state index in [1.54, 1.807) is 13.8 Å². The van der Waals surface area contributed by atoms with E-state index in [0.29, 0.717) is 24.5 Å². The van der Waals surface area contributed by atoms with Gasteiger partial charge >= 0.3 is 0 Å². The standard InChI is InChI=1S/C25H23N3O4S2/c1-17-25(18(2)32-27-17)34(29,30)28-23(15-22(26-28)24-9-6-14-33-24)20-10-12-21(13-11-20)31-16-19-7-4-3-5-8-19/h3-14,23H,15-16H2,1-2H3. The molecule has 1 aliphatic rings. The first kappa shape index (κ1) is 22.4. The normalized spacial score (nSPS) is 16.0. The van der Waals surface area contributed by atoms with E-state index in [1.807, 2.05) is 72.1 Å². The summed E-state index contributed by atoms with van der Waals surface area (Å²) in [7, 11) is -3.97. The summed E-state index contributed by atoms with van der Waals surface area (Å²) in [6, 6.07) is 20.8. The van der Waals surface area contributed by atoms with Crippen LogP contribution >= 0.6 is 11.3 Å². The molecule has 0 amide bonds. The predicted octanol–water partition coefficient (Wildman–Crippen LogP) is 5.47. The minimum absolute atomic E-state index is 0.0662. The molecule has 1 atom stereocenters. The summed E-state index contributed by atoms with van der Waals surface area (Å²) in [6.45, 7) is 3.68. The number of benzene rings is 2. The van der Waals surface area contributed by atoms with Crippen LogP contribution in [-0.4, -0.2) is 23.7 Å². The average molecular weight is 494 g/mol. The van der Waals surface area contributed by atoms with Crippen LogP contribution in [0, 0.1) is 13.8 Å². The van der Waals surface area contributed by atoms with Gasteiger partial charge in [-0.25, -0.2) is 0 Å². The fourth-order valence-electron chi connectivity index (χ4n) is 4.01. The van der Waals surface area contributed by atoms with Crippen LogP contribution in [-0.2, 0) is 16.6 Å². The Bertz CT molecular complexity index is 1390. The van der Waals surface area contributed by atoms with Crippen molar-refractivity contribution in [1.29, 1.82) is 0 Å². The number of thiophene rings is 1. The smallest absolute Gasteiger partial charge is 0.285 e. The number of nitrogens with zero attached hydrogens (tertiary/aromatic N) is 3. The van der Waals surface area contributed by atoms with Crippen LogP contribution in [0.15, 0.2) is 86.6 Å². The van der Waals surface area contributed by atoms with Crippen LogP contribution in [0.4, 0.5) is 0 Å². The van der Waals surface area contributed by atoms with Crippen LogP contribution in [0.1, 0.15) is 39.9 Å². The molecule has 0 radical (unpaired) electrons. The zero-order valence-electron chi connectivity index (χ0n) is 18.7. The highest BCUT2D eigenvalue weighted by Crippen LogP contribution is 2.39. The predicted molar refractivity (Wildman–Crippen MR) is 130 cm³/mol. The Hall–Kier alpha value is -3.43. The van der Waals surface area contributed by atoms with E-state index in [0.717, 1.165) is 21.7 Å². The first-order chi connectivity index (χ1) is 16.4. The molecule has 9 heteroatoms. The molecule has 0 bridgehead atoms. The number of aromatic nitrogens is 1. The van der Waals surface area contributed by atoms with Gasteiger partial charge < -0.3 is 9.26 Å². The number of ether oxygens (including phenoxy) is 1. The van der Waals surface area contributed by atoms with Gasteiger partial charge in [0, 0.05) is 6.42 Å². The van der Waals surface area contributed by atoms with Gasteiger partial charge in [0.1, 0.15) is 18.1 Å². The van der Waals surface area contributed by atoms with E-state index in [9.17, 15) is 8.42 Å². The quantitative estimate of drug-likeness (QED) is 0.341. The largest absolute Gasteiger partial charge is 0.489 e. The van der Waals surface area contributed by atoms with Crippen molar-refractivity contribution < 1.29 is 17.7 Å². The molecule has 174 valence electrons. The SMILES string of the molecule is Cc1noc(C)c1S(=O)(=O)N1N=C(c2cccs2)CC1c1ccc(OCc2ccccc2)cc1. The molecule has 0 fully saturated rings. The third kappa shape index (κ3) is 4.24. The second-order valence-electron chi connectivity index (χ2n) is 8.02. The molecule has 0 N–H and O–H groups in total. The van der Waals surface area contributed by atoms with Crippen molar-refractivity contribution in [1.82, 2.24) is 9.57 Å². The number of hydrogen-bond donors (Lipinski definition) is 0. The number of sulfonamides is 1. The first-order valence-electron chi connectivity index (χ1n) is 10.8. The van der Waals surface area contributed by atoms with E-state index in [4.69, 9.17) is 9.26 Å². The summed E-state index contributed by atoms with van der Waals surface area (Å²) in [5.74, 6) is 0.964. The average Bonchev–Trinajstić information content (AvgIpc) is 3.59. The van der Waals surface area contributed by atoms with E-state index < -0.39 is 16.1 Å². The monoisotopic (exact) mass is 493 g/mol. The van der Waals surface area contributed by atoms with E-state index in [1.165, 1.54) is 15.8 Å². The summed E-state index contributed by atoms with van der Waals surface area (Å²) in [6.07, 6.45) is 0.466. The molecule has 2 aromatic heterocycles. The number of aryl methyl sites for hydroxylation is 2. The van der Waals surface area contributed by atoms with Crippen LogP contribution in [0.25, 0.3) is 0 Å². The van der Waals surface area contributed by atoms with Crippen molar-refractivity contribution in [3.63, 3.8) is 0 Å². The maximum atomic E-state index is 13.7. The first-order valence-corrected chi connectivity index (χ1v) is 13.1. The Balaban J connectivity index is 1.44. The van der Waals surface area contributed by atoms with Gasteiger partial charge in [-0.05, 0) is 48.6 Å². The lowest BCUT2D eigenvalue weighted by atomic mass is 10.0. The molecular formula is C25H23N3O4S2. The highest BCUT2D eigenvalue weighted by atomic mass is 32.2. The minimum Gasteiger partial charge on any atom is -0.489 e. The molecular weight excluding hydrogens is 470 g/mol. The van der Waals surface area contributed by atoms with Crippen LogP contribution in [0.3, 0.4) is 0 Å². The van der Waals surface area contributed by atoms with Crippen LogP contribution < -0.4 is 4.74 Å². The van der Waals surface area contributed by atoms with Gasteiger partial charge in [-0.3, -0.25) is 0 Å². The molecule has 7 nitrogen and oxygen atoms in total. The van der Waals surface area contributed by atoms with Crippen molar-refractivity contribution in [3.05, 3.63) is 99.6 Å². The zero-order chi connectivity index (χ0) is 23.7. The maximum Gasteiger partial charge on any atom is 0.285 e. The van der Waals surface area contributed by atoms with Crippen LogP contribution in [0.2, 0.25) is 0 Å². The van der Waals surface area contributed by atoms with Gasteiger partial charge in [0.25, 0.3) is 10.0 Å². The zero-order valence-corrected chi connectivity index (χ0v) is 20.3. The fourth-order valence-corrected chi connectivity index (χ4v) is 6.47. The number of hydrogen-bond acceptors (Lipinski definition) is 7. The summed E-state index contributed by atoms with van der Waals surface area (Å²) >= 11 is 1.54. The molecule has 3 heterocycles. The lowest BCUT2D eigenvalue weighted by Gasteiger charge is -2.23. The second kappa shape index (κ2) is 9.08. The summed E-state index contributed by atoms with van der Waals surface area (Å²) in [4.78, 5) is 1.01. The lowest BCUT2D eigenvalue weighted by Crippen LogP contribution is -2.28. The highest BCUT2D eigenvalue weighted by molar-refractivity contribution is 7.89. The van der Waals surface area contributed by atoms with Gasteiger partial charge in [0.15, 0.2) is 10.7 Å². The Morgan fingerprint density at radius 2 is 1.82 bits per heavy atom. The molecule has 0 saturated carbocycles. The summed E-state index contributed by atoms with van der Waals surface area (Å²) in [5, 5.41) is 10.4. The molecule has 1 unspecified atom stereocenters. The highest BCUT2D eigenvalue weighted by Gasteiger charge is 2.40. The van der Waals surface area contributed by atoms with Crippen molar-refractivity contribution in [2.24, 2.45) is 5.10 Å². The third-order valence-corrected chi connectivity index (χ3v) is 8.51. The minimum atomic E-state index is -3.97. The van der Waals surface area contributed by atoms with E-state index in [-0.39, 0.29) is 10.7 Å². The van der Waals surface area contributed by atoms with Crippen molar-refractivity contribution in [3.8, 4) is 5.75 Å². The third-order valence-electron chi connectivity index (χ3n) is 5.66. The van der Waals surface area contributed by atoms with Crippen molar-refractivity contribution in [2.75, 3.05) is 0 Å². The van der Waals surface area contributed by atoms with E-state index >= 15 is 0 Å². The molecule has 1 aliphatic heterocycles.